The van der Waals surface area contributed by atoms with Crippen molar-refractivity contribution in [3.05, 3.63) is 22.1 Å². The number of anilines is 1. The average molecular weight is 205 g/mol. The monoisotopic (exact) mass is 205 g/mol. The van der Waals surface area contributed by atoms with Crippen LogP contribution in [0.25, 0.3) is 5.78 Å². The maximum Gasteiger partial charge on any atom is 0.274 e. The number of H-pyrrole nitrogens is 1. The van der Waals surface area contributed by atoms with Crippen molar-refractivity contribution in [2.45, 2.75) is 25.2 Å². The molecule has 2 aromatic rings. The summed E-state index contributed by atoms with van der Waals surface area (Å²) < 4.78 is 1.26. The van der Waals surface area contributed by atoms with E-state index in [-0.39, 0.29) is 11.5 Å². The van der Waals surface area contributed by atoms with E-state index in [4.69, 9.17) is 5.73 Å². The fraction of sp³-hybridized carbons (Fsp3) is 0.444. The van der Waals surface area contributed by atoms with Crippen molar-refractivity contribution in [1.82, 2.24) is 19.6 Å². The normalized spacial score (nSPS) is 16.8. The predicted octanol–water partition coefficient (Wildman–Crippen LogP) is 0.267. The number of fused-ring (bicyclic) bond motifs is 1. The minimum atomic E-state index is -0.147. The zero-order valence-electron chi connectivity index (χ0n) is 8.10. The van der Waals surface area contributed by atoms with E-state index in [1.807, 2.05) is 0 Å². The van der Waals surface area contributed by atoms with Crippen molar-refractivity contribution in [3.63, 3.8) is 0 Å². The highest BCUT2D eigenvalue weighted by molar-refractivity contribution is 5.34. The molecule has 6 heteroatoms. The van der Waals surface area contributed by atoms with Crippen LogP contribution >= 0.6 is 0 Å². The van der Waals surface area contributed by atoms with Crippen LogP contribution in [0.15, 0.2) is 10.9 Å². The van der Waals surface area contributed by atoms with Gasteiger partial charge >= 0.3 is 0 Å². The van der Waals surface area contributed by atoms with Crippen LogP contribution in [-0.4, -0.2) is 19.6 Å². The van der Waals surface area contributed by atoms with E-state index in [1.165, 1.54) is 10.9 Å². The first kappa shape index (κ1) is 8.46. The topological polar surface area (TPSA) is 89.1 Å². The minimum Gasteiger partial charge on any atom is -0.368 e. The third-order valence-electron chi connectivity index (χ3n) is 2.89. The van der Waals surface area contributed by atoms with Crippen molar-refractivity contribution in [1.29, 1.82) is 0 Å². The number of rotatable bonds is 1. The fourth-order valence-corrected chi connectivity index (χ4v) is 1.83. The van der Waals surface area contributed by atoms with E-state index in [9.17, 15) is 4.79 Å². The molecule has 0 atom stereocenters. The van der Waals surface area contributed by atoms with Gasteiger partial charge in [0.05, 0.1) is 5.69 Å². The van der Waals surface area contributed by atoms with Crippen LogP contribution in [0.1, 0.15) is 30.9 Å². The van der Waals surface area contributed by atoms with Crippen LogP contribution in [0.3, 0.4) is 0 Å². The van der Waals surface area contributed by atoms with Crippen LogP contribution in [-0.2, 0) is 0 Å². The number of nitrogen functional groups attached to an aromatic ring is 1. The number of nitrogens with one attached hydrogen (secondary N) is 1. The van der Waals surface area contributed by atoms with Gasteiger partial charge in [-0.2, -0.15) is 9.50 Å². The molecule has 0 saturated heterocycles. The minimum absolute atomic E-state index is 0.147. The summed E-state index contributed by atoms with van der Waals surface area (Å²) in [5.41, 5.74) is 6.16. The molecule has 0 aromatic carbocycles. The van der Waals surface area contributed by atoms with Gasteiger partial charge in [0.25, 0.3) is 11.3 Å². The van der Waals surface area contributed by atoms with Gasteiger partial charge in [0, 0.05) is 12.0 Å². The van der Waals surface area contributed by atoms with Gasteiger partial charge in [0.1, 0.15) is 0 Å². The lowest BCUT2D eigenvalue weighted by atomic mass is 9.83. The third-order valence-corrected chi connectivity index (χ3v) is 2.89. The van der Waals surface area contributed by atoms with Crippen molar-refractivity contribution >= 4 is 11.7 Å². The largest absolute Gasteiger partial charge is 0.368 e. The van der Waals surface area contributed by atoms with Crippen LogP contribution in [0, 0.1) is 0 Å². The molecule has 3 rings (SSSR count). The average Bonchev–Trinajstić information content (AvgIpc) is 2.42. The number of nitrogens with zero attached hydrogens (tertiary/aromatic N) is 3. The van der Waals surface area contributed by atoms with E-state index in [1.54, 1.807) is 6.07 Å². The maximum absolute atomic E-state index is 11.7. The standard InChI is InChI=1S/C9H11N5O/c10-8-12-9-11-6(5-2-1-3-5)4-7(15)14(9)13-8/h4-5H,1-3H2,(H3,10,11,12,13). The van der Waals surface area contributed by atoms with E-state index >= 15 is 0 Å². The summed E-state index contributed by atoms with van der Waals surface area (Å²) in [6, 6.07) is 1.56. The summed E-state index contributed by atoms with van der Waals surface area (Å²) in [5, 5.41) is 2.64. The third kappa shape index (κ3) is 1.21. The molecule has 0 spiro atoms. The summed E-state index contributed by atoms with van der Waals surface area (Å²) in [7, 11) is 0. The highest BCUT2D eigenvalue weighted by Crippen LogP contribution is 2.34. The number of hydrogen-bond acceptors (Lipinski definition) is 4. The Kier molecular flexibility index (Phi) is 1.59. The van der Waals surface area contributed by atoms with Gasteiger partial charge in [-0.25, -0.2) is 4.98 Å². The van der Waals surface area contributed by atoms with Gasteiger partial charge in [0.15, 0.2) is 0 Å². The molecule has 0 radical (unpaired) electrons. The van der Waals surface area contributed by atoms with Crippen molar-refractivity contribution in [2.24, 2.45) is 0 Å². The van der Waals surface area contributed by atoms with Gasteiger partial charge < -0.3 is 5.73 Å². The Morgan fingerprint density at radius 1 is 1.47 bits per heavy atom. The highest BCUT2D eigenvalue weighted by atomic mass is 16.1. The number of aromatic nitrogens is 4. The second-order valence-corrected chi connectivity index (χ2v) is 3.89. The Hall–Kier alpha value is -1.85. The summed E-state index contributed by atoms with van der Waals surface area (Å²) in [5.74, 6) is 1.01. The summed E-state index contributed by atoms with van der Waals surface area (Å²) in [6.45, 7) is 0. The molecular formula is C9H11N5O. The fourth-order valence-electron chi connectivity index (χ4n) is 1.83. The van der Waals surface area contributed by atoms with E-state index in [0.29, 0.717) is 11.7 Å². The van der Waals surface area contributed by atoms with Crippen LogP contribution < -0.4 is 11.3 Å². The Morgan fingerprint density at radius 2 is 2.27 bits per heavy atom. The number of hydrogen-bond donors (Lipinski definition) is 2. The van der Waals surface area contributed by atoms with Crippen LogP contribution in [0.2, 0.25) is 0 Å². The molecular weight excluding hydrogens is 194 g/mol. The first-order chi connectivity index (χ1) is 7.24. The van der Waals surface area contributed by atoms with Gasteiger partial charge in [-0.05, 0) is 12.8 Å². The lowest BCUT2D eigenvalue weighted by molar-refractivity contribution is 0.410. The van der Waals surface area contributed by atoms with Crippen molar-refractivity contribution in [2.75, 3.05) is 5.73 Å². The quantitative estimate of drug-likeness (QED) is 0.699. The van der Waals surface area contributed by atoms with Crippen molar-refractivity contribution < 1.29 is 0 Å². The Labute approximate surface area is 85.1 Å². The summed E-state index contributed by atoms with van der Waals surface area (Å²) in [6.07, 6.45) is 3.44. The van der Waals surface area contributed by atoms with Gasteiger partial charge in [-0.1, -0.05) is 6.42 Å². The predicted molar refractivity (Wildman–Crippen MR) is 54.6 cm³/mol. The Bertz CT molecular complexity index is 565. The molecule has 2 heterocycles. The second kappa shape index (κ2) is 2.82. The van der Waals surface area contributed by atoms with E-state index in [0.717, 1.165) is 18.5 Å². The zero-order chi connectivity index (χ0) is 10.4. The molecule has 0 unspecified atom stereocenters. The first-order valence-corrected chi connectivity index (χ1v) is 4.99. The molecule has 0 aliphatic heterocycles. The molecule has 15 heavy (non-hydrogen) atoms. The van der Waals surface area contributed by atoms with Crippen molar-refractivity contribution in [3.8, 4) is 0 Å². The smallest absolute Gasteiger partial charge is 0.274 e. The number of aromatic amines is 1. The molecule has 1 aliphatic carbocycles. The van der Waals surface area contributed by atoms with Gasteiger partial charge in [-0.3, -0.25) is 9.89 Å². The molecule has 6 nitrogen and oxygen atoms in total. The van der Waals surface area contributed by atoms with E-state index in [2.05, 4.69) is 15.1 Å². The lowest BCUT2D eigenvalue weighted by Gasteiger charge is -2.24. The molecule has 0 amide bonds. The molecule has 0 bridgehead atoms. The number of nitrogens with two attached hydrogens (primary N) is 1. The molecule has 1 aliphatic rings. The Balaban J connectivity index is 2.21. The van der Waals surface area contributed by atoms with Crippen LogP contribution in [0.5, 0.6) is 0 Å². The highest BCUT2D eigenvalue weighted by Gasteiger charge is 2.22. The lowest BCUT2D eigenvalue weighted by Crippen LogP contribution is -2.19. The SMILES string of the molecule is Nc1nc2nc(C3CCC3)cc(=O)n2[nH]1. The first-order valence-electron chi connectivity index (χ1n) is 4.99. The molecule has 2 aromatic heterocycles. The second-order valence-electron chi connectivity index (χ2n) is 3.89. The van der Waals surface area contributed by atoms with Gasteiger partial charge in [-0.15, -0.1) is 0 Å². The molecule has 78 valence electrons. The molecule has 1 fully saturated rings. The van der Waals surface area contributed by atoms with E-state index < -0.39 is 0 Å². The zero-order valence-corrected chi connectivity index (χ0v) is 8.10. The van der Waals surface area contributed by atoms with Crippen LogP contribution in [0.4, 0.5) is 5.95 Å². The molecule has 3 N–H and O–H groups in total. The summed E-state index contributed by atoms with van der Waals surface area (Å²) >= 11 is 0. The maximum atomic E-state index is 11.7. The van der Waals surface area contributed by atoms with Gasteiger partial charge in [0.2, 0.25) is 5.95 Å². The Morgan fingerprint density at radius 3 is 2.93 bits per heavy atom. The molecule has 1 saturated carbocycles. The summed E-state index contributed by atoms with van der Waals surface area (Å²) in [4.78, 5) is 19.9.